The lowest BCUT2D eigenvalue weighted by atomic mass is 10.2. The van der Waals surface area contributed by atoms with Crippen molar-refractivity contribution in [2.45, 2.75) is 33.2 Å². The second kappa shape index (κ2) is 6.35. The van der Waals surface area contributed by atoms with Crippen molar-refractivity contribution in [3.8, 4) is 0 Å². The Balaban J connectivity index is 2.88. The smallest absolute Gasteiger partial charge is 0.180 e. The highest BCUT2D eigenvalue weighted by Gasteiger charge is 2.11. The van der Waals surface area contributed by atoms with E-state index in [2.05, 4.69) is 18.8 Å². The van der Waals surface area contributed by atoms with Gasteiger partial charge in [-0.2, -0.15) is 0 Å². The fourth-order valence-corrected chi connectivity index (χ4v) is 1.70. The van der Waals surface area contributed by atoms with E-state index < -0.39 is 0 Å². The highest BCUT2D eigenvalue weighted by Crippen LogP contribution is 2.16. The summed E-state index contributed by atoms with van der Waals surface area (Å²) in [5.41, 5.74) is 1.44. The summed E-state index contributed by atoms with van der Waals surface area (Å²) >= 11 is 0. The van der Waals surface area contributed by atoms with Crippen LogP contribution in [0, 0.1) is 0 Å². The third-order valence-electron chi connectivity index (χ3n) is 2.65. The monoisotopic (exact) mass is 236 g/mol. The molecule has 0 unspecified atom stereocenters. The molecule has 4 heteroatoms. The van der Waals surface area contributed by atoms with Crippen molar-refractivity contribution >= 4 is 11.5 Å². The molecule has 0 saturated carbocycles. The molecule has 1 aromatic rings. The zero-order chi connectivity index (χ0) is 12.8. The molecule has 0 radical (unpaired) electrons. The fourth-order valence-electron chi connectivity index (χ4n) is 1.70. The fraction of sp³-hybridized carbons (Fsp3) is 0.538. The predicted octanol–water partition coefficient (Wildman–Crippen LogP) is 1.88. The lowest BCUT2D eigenvalue weighted by Gasteiger charge is -2.27. The largest absolute Gasteiger partial charge is 0.395 e. The third-order valence-corrected chi connectivity index (χ3v) is 2.65. The summed E-state index contributed by atoms with van der Waals surface area (Å²) in [7, 11) is 0. The van der Waals surface area contributed by atoms with Crippen LogP contribution in [0.5, 0.6) is 0 Å². The number of hydrogen-bond donors (Lipinski definition) is 1. The van der Waals surface area contributed by atoms with Crippen LogP contribution < -0.4 is 4.90 Å². The lowest BCUT2D eigenvalue weighted by Crippen LogP contribution is -2.33. The van der Waals surface area contributed by atoms with Crippen LogP contribution in [0.2, 0.25) is 0 Å². The molecule has 1 aromatic heterocycles. The van der Waals surface area contributed by atoms with Crippen molar-refractivity contribution in [3.05, 3.63) is 24.0 Å². The molecule has 0 atom stereocenters. The molecule has 94 valence electrons. The quantitative estimate of drug-likeness (QED) is 0.766. The van der Waals surface area contributed by atoms with Crippen molar-refractivity contribution in [2.24, 2.45) is 0 Å². The number of Topliss-reactive ketones (excluding diaryl/α,β-unsaturated/α-hetero) is 1. The summed E-state index contributed by atoms with van der Waals surface area (Å²) in [6, 6.07) is 3.91. The average molecular weight is 236 g/mol. The van der Waals surface area contributed by atoms with Crippen LogP contribution in [0.1, 0.15) is 37.7 Å². The number of ketones is 1. The maximum Gasteiger partial charge on any atom is 0.180 e. The van der Waals surface area contributed by atoms with Gasteiger partial charge in [-0.3, -0.25) is 9.78 Å². The van der Waals surface area contributed by atoms with Gasteiger partial charge in [0.2, 0.25) is 0 Å². The zero-order valence-corrected chi connectivity index (χ0v) is 10.7. The van der Waals surface area contributed by atoms with E-state index in [-0.39, 0.29) is 18.4 Å². The second-order valence-electron chi connectivity index (χ2n) is 4.19. The van der Waals surface area contributed by atoms with E-state index >= 15 is 0 Å². The number of aromatic nitrogens is 1. The number of rotatable bonds is 6. The molecule has 0 aliphatic rings. The summed E-state index contributed by atoms with van der Waals surface area (Å²) in [4.78, 5) is 17.6. The summed E-state index contributed by atoms with van der Waals surface area (Å²) in [5, 5.41) is 9.01. The van der Waals surface area contributed by atoms with Gasteiger partial charge in [0.25, 0.3) is 0 Å². The van der Waals surface area contributed by atoms with Gasteiger partial charge in [0.15, 0.2) is 5.78 Å². The first kappa shape index (κ1) is 13.6. The van der Waals surface area contributed by atoms with Crippen molar-refractivity contribution < 1.29 is 9.90 Å². The van der Waals surface area contributed by atoms with Gasteiger partial charge in [-0.15, -0.1) is 0 Å². The van der Waals surface area contributed by atoms with Crippen LogP contribution in [-0.4, -0.2) is 35.1 Å². The second-order valence-corrected chi connectivity index (χ2v) is 4.19. The Morgan fingerprint density at radius 1 is 1.47 bits per heavy atom. The van der Waals surface area contributed by atoms with Crippen molar-refractivity contribution in [2.75, 3.05) is 18.1 Å². The van der Waals surface area contributed by atoms with Gasteiger partial charge in [-0.1, -0.05) is 6.92 Å². The van der Waals surface area contributed by atoms with E-state index in [1.807, 2.05) is 17.9 Å². The Morgan fingerprint density at radius 3 is 2.59 bits per heavy atom. The van der Waals surface area contributed by atoms with Crippen LogP contribution in [0.15, 0.2) is 18.3 Å². The minimum absolute atomic E-state index is 0.0507. The molecule has 4 nitrogen and oxygen atoms in total. The zero-order valence-electron chi connectivity index (χ0n) is 10.7. The first-order valence-corrected chi connectivity index (χ1v) is 5.96. The van der Waals surface area contributed by atoms with Crippen LogP contribution in [0.3, 0.4) is 0 Å². The molecule has 0 aliphatic carbocycles. The molecule has 1 N–H and O–H groups in total. The number of pyridine rings is 1. The predicted molar refractivity (Wildman–Crippen MR) is 68.4 cm³/mol. The van der Waals surface area contributed by atoms with Crippen molar-refractivity contribution in [1.82, 2.24) is 4.98 Å². The minimum Gasteiger partial charge on any atom is -0.395 e. The Bertz CT molecular complexity index is 360. The van der Waals surface area contributed by atoms with Crippen LogP contribution in [-0.2, 0) is 0 Å². The van der Waals surface area contributed by atoms with E-state index in [9.17, 15) is 4.79 Å². The molecule has 0 saturated heterocycles. The van der Waals surface area contributed by atoms with Crippen LogP contribution in [0.4, 0.5) is 5.69 Å². The molecule has 0 bridgehead atoms. The van der Waals surface area contributed by atoms with Crippen molar-refractivity contribution in [1.29, 1.82) is 0 Å². The van der Waals surface area contributed by atoms with Crippen LogP contribution in [0.25, 0.3) is 0 Å². The molecule has 0 aromatic carbocycles. The SMILES string of the molecule is CCC(=O)c1ccc(N(CCO)C(C)C)cn1. The maximum absolute atomic E-state index is 11.4. The number of aliphatic hydroxyl groups is 1. The summed E-state index contributed by atoms with van der Waals surface area (Å²) in [6.45, 7) is 6.61. The normalized spacial score (nSPS) is 10.6. The van der Waals surface area contributed by atoms with Gasteiger partial charge >= 0.3 is 0 Å². The molecule has 1 rings (SSSR count). The van der Waals surface area contributed by atoms with Crippen molar-refractivity contribution in [3.63, 3.8) is 0 Å². The molecular weight excluding hydrogens is 216 g/mol. The number of anilines is 1. The highest BCUT2D eigenvalue weighted by molar-refractivity contribution is 5.94. The minimum atomic E-state index is 0.0507. The molecule has 0 aliphatic heterocycles. The van der Waals surface area contributed by atoms with E-state index in [0.29, 0.717) is 18.7 Å². The average Bonchev–Trinajstić information content (AvgIpc) is 2.35. The van der Waals surface area contributed by atoms with E-state index in [1.54, 1.807) is 12.3 Å². The van der Waals surface area contributed by atoms with Gasteiger partial charge in [0.1, 0.15) is 5.69 Å². The Hall–Kier alpha value is -1.42. The van der Waals surface area contributed by atoms with Gasteiger partial charge in [0, 0.05) is 19.0 Å². The lowest BCUT2D eigenvalue weighted by molar-refractivity contribution is 0.0983. The van der Waals surface area contributed by atoms with E-state index in [0.717, 1.165) is 5.69 Å². The number of carbonyl (C=O) groups is 1. The van der Waals surface area contributed by atoms with Gasteiger partial charge in [0.05, 0.1) is 18.5 Å². The topological polar surface area (TPSA) is 53.4 Å². The first-order chi connectivity index (χ1) is 8.10. The Kier molecular flexibility index (Phi) is 5.10. The van der Waals surface area contributed by atoms with Gasteiger partial charge in [-0.05, 0) is 26.0 Å². The van der Waals surface area contributed by atoms with E-state index in [4.69, 9.17) is 5.11 Å². The molecule has 0 spiro atoms. The number of aliphatic hydroxyl groups excluding tert-OH is 1. The number of hydrogen-bond acceptors (Lipinski definition) is 4. The molecule has 0 fully saturated rings. The number of carbonyl (C=O) groups excluding carboxylic acids is 1. The third kappa shape index (κ3) is 3.53. The Labute approximate surface area is 102 Å². The number of nitrogens with zero attached hydrogens (tertiary/aromatic N) is 2. The van der Waals surface area contributed by atoms with Gasteiger partial charge < -0.3 is 10.0 Å². The van der Waals surface area contributed by atoms with E-state index in [1.165, 1.54) is 0 Å². The van der Waals surface area contributed by atoms with Gasteiger partial charge in [-0.25, -0.2) is 0 Å². The molecular formula is C13H20N2O2. The summed E-state index contributed by atoms with van der Waals surface area (Å²) in [6.07, 6.45) is 2.16. The highest BCUT2D eigenvalue weighted by atomic mass is 16.3. The molecule has 0 amide bonds. The summed E-state index contributed by atoms with van der Waals surface area (Å²) < 4.78 is 0. The molecule has 1 heterocycles. The van der Waals surface area contributed by atoms with Crippen LogP contribution >= 0.6 is 0 Å². The Morgan fingerprint density at radius 2 is 2.18 bits per heavy atom. The first-order valence-electron chi connectivity index (χ1n) is 5.96. The standard InChI is InChI=1S/C13H20N2O2/c1-4-13(17)12-6-5-11(9-14-12)15(7-8-16)10(2)3/h5-6,9-10,16H,4,7-8H2,1-3H3. The maximum atomic E-state index is 11.4. The molecule has 17 heavy (non-hydrogen) atoms. The summed E-state index contributed by atoms with van der Waals surface area (Å²) in [5.74, 6) is 0.0507.